The summed E-state index contributed by atoms with van der Waals surface area (Å²) in [6.45, 7) is 6.47. The van der Waals surface area contributed by atoms with E-state index < -0.39 is 0 Å². The summed E-state index contributed by atoms with van der Waals surface area (Å²) in [5.41, 5.74) is 9.31. The fourth-order valence-corrected chi connectivity index (χ4v) is 2.24. The van der Waals surface area contributed by atoms with Gasteiger partial charge in [-0.3, -0.25) is 9.78 Å². The number of nitrogens with two attached hydrogens (primary N) is 1. The van der Waals surface area contributed by atoms with Crippen LogP contribution in [0.3, 0.4) is 0 Å². The van der Waals surface area contributed by atoms with Crippen molar-refractivity contribution in [3.8, 4) is 0 Å². The van der Waals surface area contributed by atoms with Crippen LogP contribution < -0.4 is 5.73 Å². The highest BCUT2D eigenvalue weighted by Gasteiger charge is 2.16. The van der Waals surface area contributed by atoms with Crippen LogP contribution in [0, 0.1) is 5.92 Å². The molecular formula is C15H24N2OS. The molecule has 1 heterocycles. The third-order valence-electron chi connectivity index (χ3n) is 3.28. The van der Waals surface area contributed by atoms with Gasteiger partial charge in [-0.15, -0.1) is 0 Å². The highest BCUT2D eigenvalue weighted by Crippen LogP contribution is 2.25. The van der Waals surface area contributed by atoms with Gasteiger partial charge >= 0.3 is 0 Å². The molecule has 3 nitrogen and oxygen atoms in total. The summed E-state index contributed by atoms with van der Waals surface area (Å²) in [4.78, 5) is 15.8. The maximum atomic E-state index is 11.5. The van der Waals surface area contributed by atoms with Gasteiger partial charge in [0.25, 0.3) is 0 Å². The first-order chi connectivity index (χ1) is 8.97. The molecule has 2 N–H and O–H groups in total. The van der Waals surface area contributed by atoms with Gasteiger partial charge in [-0.05, 0) is 37.2 Å². The molecule has 0 saturated heterocycles. The van der Waals surface area contributed by atoms with Crippen LogP contribution in [-0.4, -0.2) is 10.1 Å². The molecule has 1 aromatic rings. The maximum absolute atomic E-state index is 11.5. The molecule has 0 aromatic carbocycles. The summed E-state index contributed by atoms with van der Waals surface area (Å²) in [5.74, 6) is 0.571. The topological polar surface area (TPSA) is 56.0 Å². The summed E-state index contributed by atoms with van der Waals surface area (Å²) < 4.78 is 0. The van der Waals surface area contributed by atoms with Crippen molar-refractivity contribution in [1.82, 2.24) is 4.98 Å². The molecule has 1 rings (SSSR count). The predicted octanol–water partition coefficient (Wildman–Crippen LogP) is 3.67. The second-order valence-electron chi connectivity index (χ2n) is 5.37. The molecule has 0 radical (unpaired) electrons. The summed E-state index contributed by atoms with van der Waals surface area (Å²) in [6, 6.07) is 0. The average molecular weight is 280 g/mol. The number of nitrogen functional groups attached to an aromatic ring is 1. The Morgan fingerprint density at radius 2 is 2.11 bits per heavy atom. The minimum atomic E-state index is -0.299. The Bertz CT molecular complexity index is 444. The number of hydrogen-bond acceptors (Lipinski definition) is 3. The van der Waals surface area contributed by atoms with Crippen molar-refractivity contribution in [2.75, 3.05) is 5.73 Å². The van der Waals surface area contributed by atoms with E-state index in [1.807, 2.05) is 0 Å². The van der Waals surface area contributed by atoms with Gasteiger partial charge < -0.3 is 5.73 Å². The molecule has 0 saturated carbocycles. The number of nitrogens with zero attached hydrogens (tertiary/aromatic N) is 1. The predicted molar refractivity (Wildman–Crippen MR) is 83.7 cm³/mol. The SMILES string of the molecule is CCCCc1cnc(C(=O)S)c(CCC(C)C)c1N. The number of carbonyl (C=O) groups excluding carboxylic acids is 1. The van der Waals surface area contributed by atoms with Crippen molar-refractivity contribution >= 4 is 23.4 Å². The van der Waals surface area contributed by atoms with E-state index in [1.165, 1.54) is 0 Å². The van der Waals surface area contributed by atoms with E-state index in [-0.39, 0.29) is 5.12 Å². The molecule has 0 spiro atoms. The van der Waals surface area contributed by atoms with Crippen LogP contribution in [0.5, 0.6) is 0 Å². The first-order valence-corrected chi connectivity index (χ1v) is 7.41. The molecular weight excluding hydrogens is 256 g/mol. The molecule has 0 fully saturated rings. The third kappa shape index (κ3) is 4.53. The first kappa shape index (κ1) is 16.0. The van der Waals surface area contributed by atoms with Crippen molar-refractivity contribution in [1.29, 1.82) is 0 Å². The van der Waals surface area contributed by atoms with Crippen LogP contribution in [0.25, 0.3) is 0 Å². The monoisotopic (exact) mass is 280 g/mol. The van der Waals surface area contributed by atoms with Crippen LogP contribution in [-0.2, 0) is 12.8 Å². The number of aromatic nitrogens is 1. The van der Waals surface area contributed by atoms with E-state index in [0.29, 0.717) is 11.6 Å². The highest BCUT2D eigenvalue weighted by atomic mass is 32.1. The van der Waals surface area contributed by atoms with Crippen LogP contribution in [0.2, 0.25) is 0 Å². The molecule has 0 aliphatic heterocycles. The van der Waals surface area contributed by atoms with Crippen molar-refractivity contribution in [3.05, 3.63) is 23.0 Å². The summed E-state index contributed by atoms with van der Waals surface area (Å²) >= 11 is 3.90. The van der Waals surface area contributed by atoms with Gasteiger partial charge in [-0.2, -0.15) is 0 Å². The Hall–Kier alpha value is -1.03. The zero-order valence-electron chi connectivity index (χ0n) is 12.1. The van der Waals surface area contributed by atoms with Gasteiger partial charge in [0.2, 0.25) is 5.12 Å². The standard InChI is InChI=1S/C15H24N2OS/c1-4-5-6-11-9-17-14(15(18)19)12(13(11)16)8-7-10(2)3/h9-10H,4-8H2,1-3H3,(H2,16,17)(H,18,19). The molecule has 0 amide bonds. The van der Waals surface area contributed by atoms with Crippen LogP contribution >= 0.6 is 12.6 Å². The molecule has 0 atom stereocenters. The minimum Gasteiger partial charge on any atom is -0.398 e. The Morgan fingerprint density at radius 3 is 2.63 bits per heavy atom. The van der Waals surface area contributed by atoms with Crippen molar-refractivity contribution in [2.45, 2.75) is 52.9 Å². The molecule has 19 heavy (non-hydrogen) atoms. The van der Waals surface area contributed by atoms with Gasteiger partial charge in [0.1, 0.15) is 5.69 Å². The Kier molecular flexibility index (Phi) is 6.35. The molecule has 0 aliphatic carbocycles. The minimum absolute atomic E-state index is 0.299. The second kappa shape index (κ2) is 7.53. The second-order valence-corrected chi connectivity index (χ2v) is 5.77. The van der Waals surface area contributed by atoms with E-state index in [4.69, 9.17) is 5.73 Å². The van der Waals surface area contributed by atoms with Gasteiger partial charge in [0.05, 0.1) is 0 Å². The van der Waals surface area contributed by atoms with Crippen molar-refractivity contribution in [2.24, 2.45) is 5.92 Å². The molecule has 4 heteroatoms. The normalized spacial score (nSPS) is 11.0. The van der Waals surface area contributed by atoms with Crippen molar-refractivity contribution < 1.29 is 4.79 Å². The quantitative estimate of drug-likeness (QED) is 0.749. The summed E-state index contributed by atoms with van der Waals surface area (Å²) in [5, 5.41) is -0.299. The van der Waals surface area contributed by atoms with Crippen LogP contribution in [0.15, 0.2) is 6.20 Å². The fraction of sp³-hybridized carbons (Fsp3) is 0.600. The summed E-state index contributed by atoms with van der Waals surface area (Å²) in [6.07, 6.45) is 6.64. The van der Waals surface area contributed by atoms with Crippen LogP contribution in [0.4, 0.5) is 5.69 Å². The number of hydrogen-bond donors (Lipinski definition) is 2. The number of pyridine rings is 1. The Labute approximate surface area is 121 Å². The van der Waals surface area contributed by atoms with E-state index in [9.17, 15) is 4.79 Å². The van der Waals surface area contributed by atoms with Gasteiger partial charge in [-0.1, -0.05) is 39.8 Å². The molecule has 0 bridgehead atoms. The molecule has 0 unspecified atom stereocenters. The number of aryl methyl sites for hydroxylation is 1. The number of rotatable bonds is 7. The van der Waals surface area contributed by atoms with E-state index in [0.717, 1.165) is 48.9 Å². The Balaban J connectivity index is 3.08. The lowest BCUT2D eigenvalue weighted by molar-refractivity contribution is 0.108. The number of thiol groups is 1. The van der Waals surface area contributed by atoms with E-state index >= 15 is 0 Å². The maximum Gasteiger partial charge on any atom is 0.235 e. The van der Waals surface area contributed by atoms with Gasteiger partial charge in [0, 0.05) is 17.4 Å². The molecule has 106 valence electrons. The van der Waals surface area contributed by atoms with E-state index in [1.54, 1.807) is 6.20 Å². The lowest BCUT2D eigenvalue weighted by Gasteiger charge is -2.14. The van der Waals surface area contributed by atoms with Gasteiger partial charge in [0.15, 0.2) is 0 Å². The smallest absolute Gasteiger partial charge is 0.235 e. The molecule has 0 aliphatic rings. The number of carbonyl (C=O) groups is 1. The lowest BCUT2D eigenvalue weighted by Crippen LogP contribution is -2.10. The average Bonchev–Trinajstić information content (AvgIpc) is 2.35. The summed E-state index contributed by atoms with van der Waals surface area (Å²) in [7, 11) is 0. The largest absolute Gasteiger partial charge is 0.398 e. The highest BCUT2D eigenvalue weighted by molar-refractivity contribution is 7.97. The fourth-order valence-electron chi connectivity index (χ4n) is 2.05. The van der Waals surface area contributed by atoms with Gasteiger partial charge in [-0.25, -0.2) is 0 Å². The Morgan fingerprint density at radius 1 is 1.42 bits per heavy atom. The van der Waals surface area contributed by atoms with Crippen LogP contribution in [0.1, 0.15) is 61.6 Å². The van der Waals surface area contributed by atoms with Crippen molar-refractivity contribution in [3.63, 3.8) is 0 Å². The third-order valence-corrected chi connectivity index (χ3v) is 3.49. The zero-order valence-corrected chi connectivity index (χ0v) is 13.0. The molecule has 1 aromatic heterocycles. The zero-order chi connectivity index (χ0) is 14.4. The number of unbranched alkanes of at least 4 members (excludes halogenated alkanes) is 1. The first-order valence-electron chi connectivity index (χ1n) is 6.96. The van der Waals surface area contributed by atoms with E-state index in [2.05, 4.69) is 38.4 Å². The number of anilines is 1. The lowest BCUT2D eigenvalue weighted by atomic mass is 9.97.